The number of carboxylic acids is 1. The second-order valence-electron chi connectivity index (χ2n) is 9.19. The first-order chi connectivity index (χ1) is 18.6. The van der Waals surface area contributed by atoms with Crippen LogP contribution in [-0.2, 0) is 32.7 Å². The van der Waals surface area contributed by atoms with Crippen molar-refractivity contribution in [3.8, 4) is 0 Å². The zero-order chi connectivity index (χ0) is 29.4. The first kappa shape index (κ1) is 37.0. The fraction of sp³-hybridized carbons (Fsp3) is 0.741. The Morgan fingerprint density at radius 1 is 0.846 bits per heavy atom. The summed E-state index contributed by atoms with van der Waals surface area (Å²) in [5.41, 5.74) is 0. The highest BCUT2D eigenvalue weighted by Crippen LogP contribution is 2.43. The Morgan fingerprint density at radius 3 is 2.05 bits per heavy atom. The van der Waals surface area contributed by atoms with Gasteiger partial charge in [-0.1, -0.05) is 70.3 Å². The number of carbonyl (C=O) groups excluding carboxylic acids is 2. The SMILES string of the molecule is CCCCC/C=C\C/C=C\CCCCCCCC(=O)NC(COP(=O)(O)OCC(O)COC(=O)CC)C(=O)O. The Morgan fingerprint density at radius 2 is 1.44 bits per heavy atom. The third-order valence-electron chi connectivity index (χ3n) is 5.55. The maximum atomic E-state index is 12.1. The smallest absolute Gasteiger partial charge is 0.472 e. The number of phosphoric acid groups is 1. The zero-order valence-electron chi connectivity index (χ0n) is 23.4. The summed E-state index contributed by atoms with van der Waals surface area (Å²) in [5, 5.41) is 21.2. The van der Waals surface area contributed by atoms with Crippen LogP contribution in [0.3, 0.4) is 0 Å². The average molecular weight is 578 g/mol. The molecule has 0 radical (unpaired) electrons. The Kier molecular flexibility index (Phi) is 22.6. The molecule has 0 heterocycles. The van der Waals surface area contributed by atoms with Gasteiger partial charge < -0.3 is 25.2 Å². The summed E-state index contributed by atoms with van der Waals surface area (Å²) in [6.07, 6.45) is 19.1. The van der Waals surface area contributed by atoms with Gasteiger partial charge in [-0.25, -0.2) is 9.36 Å². The molecule has 0 bridgehead atoms. The van der Waals surface area contributed by atoms with Gasteiger partial charge in [-0.2, -0.15) is 0 Å². The van der Waals surface area contributed by atoms with Crippen molar-refractivity contribution in [2.45, 2.75) is 109 Å². The third-order valence-corrected chi connectivity index (χ3v) is 6.50. The van der Waals surface area contributed by atoms with Gasteiger partial charge in [-0.05, 0) is 38.5 Å². The van der Waals surface area contributed by atoms with Crippen LogP contribution >= 0.6 is 7.82 Å². The van der Waals surface area contributed by atoms with Gasteiger partial charge in [0.05, 0.1) is 13.2 Å². The summed E-state index contributed by atoms with van der Waals surface area (Å²) in [6, 6.07) is -1.55. The van der Waals surface area contributed by atoms with Crippen LogP contribution in [0.15, 0.2) is 24.3 Å². The van der Waals surface area contributed by atoms with Gasteiger partial charge in [0.25, 0.3) is 0 Å². The van der Waals surface area contributed by atoms with Crippen LogP contribution in [0.4, 0.5) is 0 Å². The van der Waals surface area contributed by atoms with Crippen LogP contribution in [-0.4, -0.2) is 64.9 Å². The molecule has 0 aromatic rings. The van der Waals surface area contributed by atoms with E-state index in [1.54, 1.807) is 6.92 Å². The molecule has 0 aliphatic heterocycles. The number of nitrogens with one attached hydrogen (secondary N) is 1. The first-order valence-corrected chi connectivity index (χ1v) is 15.4. The number of hydrogen-bond donors (Lipinski definition) is 4. The molecule has 0 saturated carbocycles. The minimum absolute atomic E-state index is 0.104. The normalized spacial score (nSPS) is 14.8. The van der Waals surface area contributed by atoms with Gasteiger partial charge in [-0.15, -0.1) is 0 Å². The Labute approximate surface area is 232 Å². The van der Waals surface area contributed by atoms with Crippen LogP contribution in [0.2, 0.25) is 0 Å². The Hall–Kier alpha value is -2.04. The van der Waals surface area contributed by atoms with Gasteiger partial charge in [0, 0.05) is 12.8 Å². The number of unbranched alkanes of at least 4 members (excludes halogenated alkanes) is 8. The van der Waals surface area contributed by atoms with Crippen LogP contribution < -0.4 is 5.32 Å². The van der Waals surface area contributed by atoms with Gasteiger partial charge in [0.1, 0.15) is 12.7 Å². The van der Waals surface area contributed by atoms with Crippen LogP contribution in [0.5, 0.6) is 0 Å². The minimum Gasteiger partial charge on any atom is -0.480 e. The van der Waals surface area contributed by atoms with Crippen molar-refractivity contribution in [2.24, 2.45) is 0 Å². The van der Waals surface area contributed by atoms with E-state index in [0.29, 0.717) is 6.42 Å². The number of hydrogen-bond acceptors (Lipinski definition) is 8. The summed E-state index contributed by atoms with van der Waals surface area (Å²) in [5.74, 6) is -2.49. The monoisotopic (exact) mass is 577 g/mol. The maximum Gasteiger partial charge on any atom is 0.472 e. The molecule has 0 aliphatic carbocycles. The predicted molar refractivity (Wildman–Crippen MR) is 148 cm³/mol. The first-order valence-electron chi connectivity index (χ1n) is 13.9. The largest absolute Gasteiger partial charge is 0.480 e. The number of carboxylic acid groups (broad SMARTS) is 1. The molecule has 3 atom stereocenters. The average Bonchev–Trinajstić information content (AvgIpc) is 2.90. The highest BCUT2D eigenvalue weighted by atomic mass is 31.2. The predicted octanol–water partition coefficient (Wildman–Crippen LogP) is 4.82. The fourth-order valence-corrected chi connectivity index (χ4v) is 4.04. The number of phosphoric ester groups is 1. The molecule has 0 spiro atoms. The van der Waals surface area contributed by atoms with Crippen molar-refractivity contribution in [3.63, 3.8) is 0 Å². The molecule has 0 aliphatic rings. The van der Waals surface area contributed by atoms with E-state index < -0.39 is 57.6 Å². The molecule has 1 amide bonds. The zero-order valence-corrected chi connectivity index (χ0v) is 24.3. The second kappa shape index (κ2) is 23.8. The quantitative estimate of drug-likeness (QED) is 0.0511. The standard InChI is InChI=1S/C27H48NO10P/c1-3-5-6-7-8-9-10-11-12-13-14-15-16-17-18-19-25(30)28-24(27(32)33)22-38-39(34,35)37-21-23(29)20-36-26(31)4-2/h8-9,11-12,23-24,29H,3-7,10,13-22H2,1-2H3,(H,28,30)(H,32,33)(H,34,35)/b9-8-,12-11-. The molecule has 39 heavy (non-hydrogen) atoms. The molecule has 4 N–H and O–H groups in total. The lowest BCUT2D eigenvalue weighted by Crippen LogP contribution is -2.43. The van der Waals surface area contributed by atoms with Crippen molar-refractivity contribution in [1.29, 1.82) is 0 Å². The topological polar surface area (TPSA) is 169 Å². The van der Waals surface area contributed by atoms with E-state index in [9.17, 15) is 34.1 Å². The maximum absolute atomic E-state index is 12.1. The number of ether oxygens (including phenoxy) is 1. The Balaban J connectivity index is 4.03. The number of aliphatic hydroxyl groups excluding tert-OH is 1. The summed E-state index contributed by atoms with van der Waals surface area (Å²) < 4.78 is 25.8. The van der Waals surface area contributed by atoms with Crippen LogP contribution in [0.1, 0.15) is 97.3 Å². The van der Waals surface area contributed by atoms with E-state index in [4.69, 9.17) is 0 Å². The fourth-order valence-electron chi connectivity index (χ4n) is 3.26. The number of amides is 1. The van der Waals surface area contributed by atoms with Gasteiger partial charge in [0.2, 0.25) is 5.91 Å². The number of rotatable bonds is 25. The lowest BCUT2D eigenvalue weighted by Gasteiger charge is -2.18. The second-order valence-corrected chi connectivity index (χ2v) is 10.6. The molecule has 0 aromatic heterocycles. The molecule has 0 aromatic carbocycles. The van der Waals surface area contributed by atoms with Crippen molar-refractivity contribution < 1.29 is 47.8 Å². The molecule has 0 rings (SSSR count). The molecular formula is C27H48NO10P. The van der Waals surface area contributed by atoms with Crippen LogP contribution in [0, 0.1) is 0 Å². The van der Waals surface area contributed by atoms with Gasteiger partial charge in [-0.3, -0.25) is 18.6 Å². The summed E-state index contributed by atoms with van der Waals surface area (Å²) in [6.45, 7) is 1.84. The van der Waals surface area contributed by atoms with Crippen LogP contribution in [0.25, 0.3) is 0 Å². The van der Waals surface area contributed by atoms with Crippen molar-refractivity contribution >= 4 is 25.7 Å². The van der Waals surface area contributed by atoms with E-state index >= 15 is 0 Å². The van der Waals surface area contributed by atoms with Crippen molar-refractivity contribution in [1.82, 2.24) is 5.32 Å². The lowest BCUT2D eigenvalue weighted by molar-refractivity contribution is -0.146. The lowest BCUT2D eigenvalue weighted by atomic mass is 10.1. The summed E-state index contributed by atoms with van der Waals surface area (Å²) in [4.78, 5) is 44.2. The van der Waals surface area contributed by atoms with E-state index in [-0.39, 0.29) is 12.8 Å². The van der Waals surface area contributed by atoms with Crippen molar-refractivity contribution in [2.75, 3.05) is 19.8 Å². The molecule has 226 valence electrons. The highest BCUT2D eigenvalue weighted by Gasteiger charge is 2.28. The molecule has 12 heteroatoms. The summed E-state index contributed by atoms with van der Waals surface area (Å²) >= 11 is 0. The van der Waals surface area contributed by atoms with E-state index in [1.165, 1.54) is 19.3 Å². The third kappa shape index (κ3) is 23.6. The Bertz CT molecular complexity index is 787. The molecule has 0 fully saturated rings. The van der Waals surface area contributed by atoms with Gasteiger partial charge in [0.15, 0.2) is 6.04 Å². The number of esters is 1. The number of carbonyl (C=O) groups is 3. The molecule has 0 saturated heterocycles. The minimum atomic E-state index is -4.71. The summed E-state index contributed by atoms with van der Waals surface area (Å²) in [7, 11) is -4.71. The number of aliphatic hydroxyl groups is 1. The number of allylic oxidation sites excluding steroid dienone is 4. The molecule has 11 nitrogen and oxygen atoms in total. The van der Waals surface area contributed by atoms with Crippen molar-refractivity contribution in [3.05, 3.63) is 24.3 Å². The highest BCUT2D eigenvalue weighted by molar-refractivity contribution is 7.47. The van der Waals surface area contributed by atoms with E-state index in [1.807, 2.05) is 0 Å². The molecule has 3 unspecified atom stereocenters. The van der Waals surface area contributed by atoms with E-state index in [0.717, 1.165) is 44.9 Å². The van der Waals surface area contributed by atoms with Gasteiger partial charge >= 0.3 is 19.8 Å². The van der Waals surface area contributed by atoms with E-state index in [2.05, 4.69) is 50.3 Å². The molecular weight excluding hydrogens is 529 g/mol. The number of aliphatic carboxylic acids is 1.